The summed E-state index contributed by atoms with van der Waals surface area (Å²) in [6.45, 7) is 0.743. The highest BCUT2D eigenvalue weighted by Gasteiger charge is 2.30. The SMILES string of the molecule is Nc1ccc(N=O)c(P(=O)(CCOCc2ccccc2)OCc2ccccc2)c1. The third kappa shape index (κ3) is 5.84. The number of hydrogen-bond donors (Lipinski definition) is 1. The number of ether oxygens (including phenoxy) is 1. The molecule has 0 aliphatic rings. The van der Waals surface area contributed by atoms with Crippen molar-refractivity contribution in [2.45, 2.75) is 13.2 Å². The molecule has 3 rings (SSSR count). The minimum Gasteiger partial charge on any atom is -0.399 e. The number of benzene rings is 3. The van der Waals surface area contributed by atoms with E-state index < -0.39 is 7.37 Å². The van der Waals surface area contributed by atoms with Crippen LogP contribution in [0.2, 0.25) is 0 Å². The summed E-state index contributed by atoms with van der Waals surface area (Å²) in [5.41, 5.74) is 8.22. The fraction of sp³-hybridized carbons (Fsp3) is 0.182. The lowest BCUT2D eigenvalue weighted by Crippen LogP contribution is -2.15. The number of nitrogen functional groups attached to an aromatic ring is 1. The van der Waals surface area contributed by atoms with E-state index in [1.54, 1.807) is 6.07 Å². The first-order chi connectivity index (χ1) is 14.1. The van der Waals surface area contributed by atoms with Crippen molar-refractivity contribution in [2.24, 2.45) is 5.18 Å². The van der Waals surface area contributed by atoms with Gasteiger partial charge < -0.3 is 15.0 Å². The Balaban J connectivity index is 1.76. The minimum atomic E-state index is -3.44. The van der Waals surface area contributed by atoms with Crippen LogP contribution in [0.3, 0.4) is 0 Å². The normalized spacial score (nSPS) is 13.0. The van der Waals surface area contributed by atoms with Crippen molar-refractivity contribution in [2.75, 3.05) is 18.5 Å². The van der Waals surface area contributed by atoms with E-state index in [0.29, 0.717) is 12.3 Å². The molecule has 0 amide bonds. The minimum absolute atomic E-state index is 0.0682. The van der Waals surface area contributed by atoms with Crippen LogP contribution in [0, 0.1) is 4.91 Å². The lowest BCUT2D eigenvalue weighted by molar-refractivity contribution is 0.133. The fourth-order valence-corrected chi connectivity index (χ4v) is 4.89. The summed E-state index contributed by atoms with van der Waals surface area (Å²) in [7, 11) is -3.44. The number of nitrogens with zero attached hydrogens (tertiary/aromatic N) is 1. The zero-order valence-electron chi connectivity index (χ0n) is 15.9. The van der Waals surface area contributed by atoms with E-state index in [-0.39, 0.29) is 30.4 Å². The Morgan fingerprint density at radius 2 is 1.48 bits per heavy atom. The quantitative estimate of drug-likeness (QED) is 0.220. The van der Waals surface area contributed by atoms with Gasteiger partial charge in [-0.2, -0.15) is 0 Å². The fourth-order valence-electron chi connectivity index (χ4n) is 2.85. The van der Waals surface area contributed by atoms with E-state index in [1.807, 2.05) is 60.7 Å². The van der Waals surface area contributed by atoms with Crippen LogP contribution < -0.4 is 11.0 Å². The Kier molecular flexibility index (Phi) is 7.30. The molecule has 1 unspecified atom stereocenters. The van der Waals surface area contributed by atoms with Gasteiger partial charge in [-0.3, -0.25) is 4.57 Å². The Morgan fingerprint density at radius 1 is 0.862 bits per heavy atom. The van der Waals surface area contributed by atoms with Crippen molar-refractivity contribution < 1.29 is 13.8 Å². The molecule has 0 spiro atoms. The van der Waals surface area contributed by atoms with Gasteiger partial charge in [0.2, 0.25) is 7.37 Å². The molecule has 0 aromatic heterocycles. The number of nitroso groups, excluding NO2 is 1. The van der Waals surface area contributed by atoms with Crippen molar-refractivity contribution in [3.63, 3.8) is 0 Å². The molecule has 0 saturated heterocycles. The predicted octanol–water partition coefficient (Wildman–Crippen LogP) is 5.00. The molecule has 0 fully saturated rings. The van der Waals surface area contributed by atoms with E-state index in [4.69, 9.17) is 15.0 Å². The van der Waals surface area contributed by atoms with Gasteiger partial charge in [0.15, 0.2) is 0 Å². The molecule has 0 aliphatic carbocycles. The van der Waals surface area contributed by atoms with Gasteiger partial charge in [-0.1, -0.05) is 60.7 Å². The third-order valence-electron chi connectivity index (χ3n) is 4.39. The highest BCUT2D eigenvalue weighted by molar-refractivity contribution is 7.67. The topological polar surface area (TPSA) is 91.0 Å². The first-order valence-corrected chi connectivity index (χ1v) is 11.0. The molecule has 2 N–H and O–H groups in total. The van der Waals surface area contributed by atoms with E-state index in [1.165, 1.54) is 12.1 Å². The van der Waals surface area contributed by atoms with Crippen LogP contribution in [0.5, 0.6) is 0 Å². The molecule has 6 nitrogen and oxygen atoms in total. The maximum atomic E-state index is 13.8. The number of hydrogen-bond acceptors (Lipinski definition) is 6. The van der Waals surface area contributed by atoms with Crippen molar-refractivity contribution >= 4 is 24.0 Å². The first-order valence-electron chi connectivity index (χ1n) is 9.23. The van der Waals surface area contributed by atoms with Gasteiger partial charge in [-0.15, -0.1) is 4.91 Å². The summed E-state index contributed by atoms with van der Waals surface area (Å²) < 4.78 is 25.3. The van der Waals surface area contributed by atoms with Gasteiger partial charge >= 0.3 is 0 Å². The molecule has 0 aliphatic heterocycles. The molecule has 0 saturated carbocycles. The summed E-state index contributed by atoms with van der Waals surface area (Å²) in [5.74, 6) is 0. The number of anilines is 1. The van der Waals surface area contributed by atoms with Crippen LogP contribution in [-0.4, -0.2) is 12.8 Å². The second-order valence-electron chi connectivity index (χ2n) is 6.53. The van der Waals surface area contributed by atoms with Crippen molar-refractivity contribution in [3.05, 3.63) is 94.9 Å². The van der Waals surface area contributed by atoms with Crippen LogP contribution in [-0.2, 0) is 27.0 Å². The second-order valence-corrected chi connectivity index (χ2v) is 9.07. The predicted molar refractivity (Wildman–Crippen MR) is 116 cm³/mol. The average molecular weight is 410 g/mol. The van der Waals surface area contributed by atoms with E-state index in [0.717, 1.165) is 11.1 Å². The lowest BCUT2D eigenvalue weighted by Gasteiger charge is -2.20. The molecule has 1 atom stereocenters. The summed E-state index contributed by atoms with van der Waals surface area (Å²) in [4.78, 5) is 11.3. The smallest absolute Gasteiger partial charge is 0.237 e. The van der Waals surface area contributed by atoms with Gasteiger partial charge in [0.1, 0.15) is 5.69 Å². The lowest BCUT2D eigenvalue weighted by atomic mass is 10.2. The molecule has 0 bridgehead atoms. The van der Waals surface area contributed by atoms with E-state index in [9.17, 15) is 9.47 Å². The molecule has 0 radical (unpaired) electrons. The van der Waals surface area contributed by atoms with E-state index in [2.05, 4.69) is 5.18 Å². The average Bonchev–Trinajstić information content (AvgIpc) is 2.77. The molecule has 3 aromatic carbocycles. The van der Waals surface area contributed by atoms with Crippen LogP contribution in [0.4, 0.5) is 11.4 Å². The summed E-state index contributed by atoms with van der Waals surface area (Å²) in [5, 5.41) is 3.24. The van der Waals surface area contributed by atoms with Crippen molar-refractivity contribution in [1.82, 2.24) is 0 Å². The first kappa shape index (κ1) is 20.9. The van der Waals surface area contributed by atoms with E-state index >= 15 is 0 Å². The molecular weight excluding hydrogens is 387 g/mol. The van der Waals surface area contributed by atoms with Crippen LogP contribution in [0.15, 0.2) is 84.0 Å². The molecule has 7 heteroatoms. The maximum Gasteiger partial charge on any atom is 0.237 e. The Hall–Kier alpha value is -2.79. The highest BCUT2D eigenvalue weighted by atomic mass is 31.2. The van der Waals surface area contributed by atoms with Crippen LogP contribution in [0.1, 0.15) is 11.1 Å². The Bertz CT molecular complexity index is 981. The van der Waals surface area contributed by atoms with Crippen LogP contribution >= 0.6 is 7.37 Å². The van der Waals surface area contributed by atoms with Crippen LogP contribution in [0.25, 0.3) is 0 Å². The molecule has 0 heterocycles. The zero-order valence-corrected chi connectivity index (χ0v) is 16.8. The molecule has 150 valence electrons. The third-order valence-corrected chi connectivity index (χ3v) is 6.80. The number of nitrogens with two attached hydrogens (primary N) is 1. The van der Waals surface area contributed by atoms with Gasteiger partial charge in [-0.25, -0.2) is 0 Å². The van der Waals surface area contributed by atoms with Gasteiger partial charge in [-0.05, 0) is 34.5 Å². The zero-order chi connectivity index (χ0) is 20.5. The Labute approximate surface area is 170 Å². The summed E-state index contributed by atoms with van der Waals surface area (Å²) in [6, 6.07) is 23.6. The molecular formula is C22H23N2O4P. The summed E-state index contributed by atoms with van der Waals surface area (Å²) in [6.07, 6.45) is 0.110. The largest absolute Gasteiger partial charge is 0.399 e. The standard InChI is InChI=1S/C22H23N2O4P/c23-20-11-12-21(24-25)22(15-20)29(26,28-17-19-9-5-2-6-10-19)14-13-27-16-18-7-3-1-4-8-18/h1-12,15H,13-14,16-17,23H2. The van der Waals surface area contributed by atoms with Crippen molar-refractivity contribution in [1.29, 1.82) is 0 Å². The monoisotopic (exact) mass is 410 g/mol. The van der Waals surface area contributed by atoms with Gasteiger partial charge in [0.25, 0.3) is 0 Å². The van der Waals surface area contributed by atoms with Gasteiger partial charge in [0.05, 0.1) is 31.3 Å². The Morgan fingerprint density at radius 3 is 2.10 bits per heavy atom. The highest BCUT2D eigenvalue weighted by Crippen LogP contribution is 2.49. The summed E-state index contributed by atoms with van der Waals surface area (Å²) >= 11 is 0. The van der Waals surface area contributed by atoms with Crippen molar-refractivity contribution in [3.8, 4) is 0 Å². The molecule has 3 aromatic rings. The molecule has 29 heavy (non-hydrogen) atoms. The van der Waals surface area contributed by atoms with Gasteiger partial charge in [0, 0.05) is 5.69 Å². The number of rotatable bonds is 10. The maximum absolute atomic E-state index is 13.8. The second kappa shape index (κ2) is 10.1.